The maximum Gasteiger partial charge on any atom is 0.317 e. The van der Waals surface area contributed by atoms with Crippen LogP contribution >= 0.6 is 0 Å². The third-order valence-electron chi connectivity index (χ3n) is 2.42. The van der Waals surface area contributed by atoms with Gasteiger partial charge in [0.15, 0.2) is 0 Å². The first-order valence-electron chi connectivity index (χ1n) is 5.62. The smallest absolute Gasteiger partial charge is 0.317 e. The van der Waals surface area contributed by atoms with Crippen LogP contribution in [0, 0.1) is 18.2 Å². The summed E-state index contributed by atoms with van der Waals surface area (Å²) in [5.74, 6) is -0.511. The summed E-state index contributed by atoms with van der Waals surface area (Å²) >= 11 is 0. The second-order valence-electron chi connectivity index (χ2n) is 3.97. The van der Waals surface area contributed by atoms with Gasteiger partial charge in [-0.25, -0.2) is 9.37 Å². The predicted molar refractivity (Wildman–Crippen MR) is 68.5 cm³/mol. The topological polar surface area (TPSA) is 84.9 Å². The largest absolute Gasteiger partial charge is 0.458 e. The van der Waals surface area contributed by atoms with Gasteiger partial charge < -0.3 is 10.5 Å². The van der Waals surface area contributed by atoms with Gasteiger partial charge in [-0.15, -0.1) is 0 Å². The van der Waals surface area contributed by atoms with E-state index in [9.17, 15) is 4.39 Å². The summed E-state index contributed by atoms with van der Waals surface area (Å²) in [6.07, 6.45) is 0. The third kappa shape index (κ3) is 3.25. The molecule has 0 aliphatic carbocycles. The molecule has 19 heavy (non-hydrogen) atoms. The molecule has 0 bridgehead atoms. The first-order chi connectivity index (χ1) is 9.06. The van der Waals surface area contributed by atoms with Crippen molar-refractivity contribution in [3.8, 4) is 6.01 Å². The summed E-state index contributed by atoms with van der Waals surface area (Å²) in [6, 6.07) is 7.97. The number of amidine groups is 1. The zero-order valence-electron chi connectivity index (χ0n) is 10.4. The zero-order valence-corrected chi connectivity index (χ0v) is 10.4. The van der Waals surface area contributed by atoms with Crippen LogP contribution in [0.4, 0.5) is 4.39 Å². The predicted octanol–water partition coefficient (Wildman–Crippen LogP) is 1.79. The highest BCUT2D eigenvalue weighted by atomic mass is 19.1. The van der Waals surface area contributed by atoms with Gasteiger partial charge in [-0.1, -0.05) is 18.2 Å². The van der Waals surface area contributed by atoms with Gasteiger partial charge in [-0.3, -0.25) is 5.41 Å². The number of hydrogen-bond donors (Lipinski definition) is 2. The SMILES string of the molecule is Cc1cc(C(=N)N)nc(OCc2ccccc2F)n1. The molecule has 0 unspecified atom stereocenters. The number of nitrogens with zero attached hydrogens (tertiary/aromatic N) is 2. The first-order valence-corrected chi connectivity index (χ1v) is 5.62. The summed E-state index contributed by atoms with van der Waals surface area (Å²) in [4.78, 5) is 8.03. The van der Waals surface area contributed by atoms with Gasteiger partial charge in [0.1, 0.15) is 24.0 Å². The zero-order chi connectivity index (χ0) is 13.8. The molecule has 1 aromatic carbocycles. The fourth-order valence-corrected chi connectivity index (χ4v) is 1.50. The monoisotopic (exact) mass is 260 g/mol. The summed E-state index contributed by atoms with van der Waals surface area (Å²) in [7, 11) is 0. The van der Waals surface area contributed by atoms with E-state index < -0.39 is 0 Å². The number of halogens is 1. The van der Waals surface area contributed by atoms with E-state index in [0.29, 0.717) is 11.3 Å². The van der Waals surface area contributed by atoms with Crippen LogP contribution in [0.1, 0.15) is 17.0 Å². The second kappa shape index (κ2) is 5.43. The molecule has 0 saturated heterocycles. The Labute approximate surface area is 109 Å². The molecule has 1 aromatic heterocycles. The molecule has 1 heterocycles. The minimum Gasteiger partial charge on any atom is -0.458 e. The number of nitrogen functional groups attached to an aromatic ring is 1. The minimum atomic E-state index is -0.345. The average Bonchev–Trinajstić information content (AvgIpc) is 2.37. The number of ether oxygens (including phenoxy) is 1. The molecule has 0 spiro atoms. The van der Waals surface area contributed by atoms with Gasteiger partial charge in [0.25, 0.3) is 0 Å². The Kier molecular flexibility index (Phi) is 3.70. The molecular formula is C13H13FN4O. The molecule has 0 atom stereocenters. The number of aromatic nitrogens is 2. The van der Waals surface area contributed by atoms with Crippen LogP contribution in [0.2, 0.25) is 0 Å². The van der Waals surface area contributed by atoms with Crippen LogP contribution in [0.5, 0.6) is 6.01 Å². The first kappa shape index (κ1) is 12.9. The van der Waals surface area contributed by atoms with Crippen LogP contribution in [-0.4, -0.2) is 15.8 Å². The van der Waals surface area contributed by atoms with Crippen molar-refractivity contribution >= 4 is 5.84 Å². The summed E-state index contributed by atoms with van der Waals surface area (Å²) in [5, 5.41) is 7.33. The lowest BCUT2D eigenvalue weighted by atomic mass is 10.2. The molecule has 0 radical (unpaired) electrons. The van der Waals surface area contributed by atoms with Gasteiger partial charge in [0.2, 0.25) is 0 Å². The van der Waals surface area contributed by atoms with Crippen LogP contribution < -0.4 is 10.5 Å². The summed E-state index contributed by atoms with van der Waals surface area (Å²) in [5.41, 5.74) is 6.69. The number of aryl methyl sites for hydroxylation is 1. The molecule has 5 nitrogen and oxygen atoms in total. The maximum atomic E-state index is 13.4. The van der Waals surface area contributed by atoms with Crippen molar-refractivity contribution in [2.75, 3.05) is 0 Å². The third-order valence-corrected chi connectivity index (χ3v) is 2.42. The Morgan fingerprint density at radius 3 is 2.79 bits per heavy atom. The van der Waals surface area contributed by atoms with Gasteiger partial charge in [0, 0.05) is 11.3 Å². The number of nitrogens with two attached hydrogens (primary N) is 1. The molecule has 6 heteroatoms. The van der Waals surface area contributed by atoms with E-state index in [4.69, 9.17) is 15.9 Å². The lowest BCUT2D eigenvalue weighted by Crippen LogP contribution is -2.15. The Hall–Kier alpha value is -2.50. The van der Waals surface area contributed by atoms with E-state index in [2.05, 4.69) is 9.97 Å². The fraction of sp³-hybridized carbons (Fsp3) is 0.154. The molecule has 3 N–H and O–H groups in total. The van der Waals surface area contributed by atoms with Crippen molar-refractivity contribution < 1.29 is 9.13 Å². The van der Waals surface area contributed by atoms with Crippen LogP contribution in [-0.2, 0) is 6.61 Å². The molecule has 0 saturated carbocycles. The molecule has 2 aromatic rings. The van der Waals surface area contributed by atoms with E-state index in [1.165, 1.54) is 6.07 Å². The van der Waals surface area contributed by atoms with E-state index in [1.54, 1.807) is 31.2 Å². The highest BCUT2D eigenvalue weighted by Crippen LogP contribution is 2.11. The standard InChI is InChI=1S/C13H13FN4O/c1-8-6-11(12(15)16)18-13(17-8)19-7-9-4-2-3-5-10(9)14/h2-6H,7H2,1H3,(H3,15,16). The van der Waals surface area contributed by atoms with Crippen LogP contribution in [0.3, 0.4) is 0 Å². The Morgan fingerprint density at radius 1 is 1.37 bits per heavy atom. The average molecular weight is 260 g/mol. The molecule has 0 aliphatic rings. The number of nitrogens with one attached hydrogen (secondary N) is 1. The Bertz CT molecular complexity index is 615. The molecule has 2 rings (SSSR count). The van der Waals surface area contributed by atoms with E-state index >= 15 is 0 Å². The normalized spacial score (nSPS) is 10.2. The summed E-state index contributed by atoms with van der Waals surface area (Å²) < 4.78 is 18.7. The number of hydrogen-bond acceptors (Lipinski definition) is 4. The molecular weight excluding hydrogens is 247 g/mol. The van der Waals surface area contributed by atoms with Crippen molar-refractivity contribution in [3.63, 3.8) is 0 Å². The van der Waals surface area contributed by atoms with Crippen LogP contribution in [0.15, 0.2) is 30.3 Å². The van der Waals surface area contributed by atoms with Gasteiger partial charge in [0.05, 0.1) is 0 Å². The molecule has 0 amide bonds. The highest BCUT2D eigenvalue weighted by molar-refractivity contribution is 5.93. The van der Waals surface area contributed by atoms with Crippen molar-refractivity contribution in [1.29, 1.82) is 5.41 Å². The van der Waals surface area contributed by atoms with E-state index in [0.717, 1.165) is 0 Å². The van der Waals surface area contributed by atoms with Crippen molar-refractivity contribution in [1.82, 2.24) is 9.97 Å². The van der Waals surface area contributed by atoms with Gasteiger partial charge >= 0.3 is 6.01 Å². The van der Waals surface area contributed by atoms with E-state index in [1.807, 2.05) is 0 Å². The molecule has 98 valence electrons. The lowest BCUT2D eigenvalue weighted by molar-refractivity contribution is 0.274. The Balaban J connectivity index is 2.16. The summed E-state index contributed by atoms with van der Waals surface area (Å²) in [6.45, 7) is 1.76. The number of rotatable bonds is 4. The van der Waals surface area contributed by atoms with Crippen molar-refractivity contribution in [2.24, 2.45) is 5.73 Å². The van der Waals surface area contributed by atoms with Crippen molar-refractivity contribution in [3.05, 3.63) is 53.1 Å². The second-order valence-corrected chi connectivity index (χ2v) is 3.97. The van der Waals surface area contributed by atoms with Crippen LogP contribution in [0.25, 0.3) is 0 Å². The quantitative estimate of drug-likeness (QED) is 0.648. The molecule has 0 aliphatic heterocycles. The van der Waals surface area contributed by atoms with Gasteiger partial charge in [-0.05, 0) is 19.1 Å². The highest BCUT2D eigenvalue weighted by Gasteiger charge is 2.07. The maximum absolute atomic E-state index is 13.4. The van der Waals surface area contributed by atoms with E-state index in [-0.39, 0.29) is 30.0 Å². The minimum absolute atomic E-state index is 0.0213. The Morgan fingerprint density at radius 2 is 2.11 bits per heavy atom. The molecule has 0 fully saturated rings. The number of benzene rings is 1. The van der Waals surface area contributed by atoms with Gasteiger partial charge in [-0.2, -0.15) is 4.98 Å². The van der Waals surface area contributed by atoms with Crippen molar-refractivity contribution in [2.45, 2.75) is 13.5 Å². The lowest BCUT2D eigenvalue weighted by Gasteiger charge is -2.07. The fourth-order valence-electron chi connectivity index (χ4n) is 1.50.